The third-order valence-electron chi connectivity index (χ3n) is 4.02. The molecule has 0 spiro atoms. The predicted octanol–water partition coefficient (Wildman–Crippen LogP) is 3.44. The van der Waals surface area contributed by atoms with Gasteiger partial charge in [-0.05, 0) is 36.8 Å². The van der Waals surface area contributed by atoms with Crippen molar-refractivity contribution < 1.29 is 18.8 Å². The van der Waals surface area contributed by atoms with Crippen molar-refractivity contribution >= 4 is 17.5 Å². The van der Waals surface area contributed by atoms with Gasteiger partial charge in [-0.2, -0.15) is 4.98 Å². The minimum absolute atomic E-state index is 0.143. The maximum Gasteiger partial charge on any atom is 0.227 e. The molecule has 152 valence electrons. The van der Waals surface area contributed by atoms with E-state index in [1.54, 1.807) is 37.7 Å². The van der Waals surface area contributed by atoms with Crippen molar-refractivity contribution in [2.75, 3.05) is 13.7 Å². The zero-order valence-electron chi connectivity index (χ0n) is 16.1. The SMILES string of the molecule is CCOc1c(Cl)cc(CNC(=O)CCc2nc(-c3cccnc3)no2)cc1OC. The standard InChI is InChI=1S/C20H21ClN4O4/c1-3-28-19-15(21)9-13(10-16(19)27-2)11-23-17(26)6-7-18-24-20(25-29-18)14-5-4-8-22-12-14/h4-5,8-10,12H,3,6-7,11H2,1-2H3,(H,23,26). The average Bonchev–Trinajstić information content (AvgIpc) is 3.22. The van der Waals surface area contributed by atoms with Crippen molar-refractivity contribution in [3.8, 4) is 22.9 Å². The summed E-state index contributed by atoms with van der Waals surface area (Å²) in [6, 6.07) is 7.16. The van der Waals surface area contributed by atoms with Gasteiger partial charge >= 0.3 is 0 Å². The highest BCUT2D eigenvalue weighted by Gasteiger charge is 2.13. The Kier molecular flexibility index (Phi) is 7.02. The van der Waals surface area contributed by atoms with Crippen LogP contribution in [0.15, 0.2) is 41.2 Å². The smallest absolute Gasteiger partial charge is 0.227 e. The number of nitrogens with one attached hydrogen (secondary N) is 1. The number of carbonyl (C=O) groups is 1. The largest absolute Gasteiger partial charge is 0.493 e. The van der Waals surface area contributed by atoms with Gasteiger partial charge in [0.1, 0.15) is 0 Å². The molecule has 0 unspecified atom stereocenters. The summed E-state index contributed by atoms with van der Waals surface area (Å²) < 4.78 is 16.0. The molecule has 0 saturated heterocycles. The quantitative estimate of drug-likeness (QED) is 0.570. The topological polar surface area (TPSA) is 99.4 Å². The van der Waals surface area contributed by atoms with E-state index in [9.17, 15) is 4.79 Å². The predicted molar refractivity (Wildman–Crippen MR) is 107 cm³/mol. The number of hydrogen-bond donors (Lipinski definition) is 1. The Bertz CT molecular complexity index is 962. The molecular formula is C20H21ClN4O4. The molecule has 0 saturated carbocycles. The second-order valence-electron chi connectivity index (χ2n) is 6.07. The number of benzene rings is 1. The number of nitrogens with zero attached hydrogens (tertiary/aromatic N) is 3. The van der Waals surface area contributed by atoms with Crippen molar-refractivity contribution in [2.45, 2.75) is 26.3 Å². The van der Waals surface area contributed by atoms with Gasteiger partial charge in [-0.1, -0.05) is 16.8 Å². The molecule has 0 aliphatic heterocycles. The van der Waals surface area contributed by atoms with E-state index in [1.807, 2.05) is 13.0 Å². The van der Waals surface area contributed by atoms with E-state index in [-0.39, 0.29) is 12.3 Å². The van der Waals surface area contributed by atoms with Gasteiger partial charge in [-0.25, -0.2) is 0 Å². The van der Waals surface area contributed by atoms with E-state index in [0.29, 0.717) is 47.8 Å². The van der Waals surface area contributed by atoms with Gasteiger partial charge in [0.2, 0.25) is 17.6 Å². The number of methoxy groups -OCH3 is 1. The third-order valence-corrected chi connectivity index (χ3v) is 4.30. The second kappa shape index (κ2) is 9.88. The van der Waals surface area contributed by atoms with Gasteiger partial charge in [0, 0.05) is 37.3 Å². The number of pyridine rings is 1. The highest BCUT2D eigenvalue weighted by Crippen LogP contribution is 2.36. The van der Waals surface area contributed by atoms with Crippen molar-refractivity contribution in [1.82, 2.24) is 20.4 Å². The molecule has 0 fully saturated rings. The van der Waals surface area contributed by atoms with Gasteiger partial charge in [0.15, 0.2) is 11.5 Å². The van der Waals surface area contributed by atoms with Crippen LogP contribution in [0.2, 0.25) is 5.02 Å². The lowest BCUT2D eigenvalue weighted by Crippen LogP contribution is -2.23. The van der Waals surface area contributed by atoms with Crippen LogP contribution in [0.5, 0.6) is 11.5 Å². The minimum atomic E-state index is -0.143. The van der Waals surface area contributed by atoms with Crippen LogP contribution in [0.3, 0.4) is 0 Å². The normalized spacial score (nSPS) is 10.6. The summed E-state index contributed by atoms with van der Waals surface area (Å²) in [6.07, 6.45) is 3.88. The van der Waals surface area contributed by atoms with Crippen LogP contribution in [0.1, 0.15) is 24.8 Å². The lowest BCUT2D eigenvalue weighted by molar-refractivity contribution is -0.121. The summed E-state index contributed by atoms with van der Waals surface area (Å²) in [7, 11) is 1.54. The summed E-state index contributed by atoms with van der Waals surface area (Å²) >= 11 is 6.25. The van der Waals surface area contributed by atoms with Gasteiger partial charge in [-0.3, -0.25) is 9.78 Å². The Morgan fingerprint density at radius 2 is 2.21 bits per heavy atom. The number of rotatable bonds is 9. The van der Waals surface area contributed by atoms with E-state index in [0.717, 1.165) is 11.1 Å². The Morgan fingerprint density at radius 1 is 1.34 bits per heavy atom. The fraction of sp³-hybridized carbons (Fsp3) is 0.300. The summed E-state index contributed by atoms with van der Waals surface area (Å²) in [4.78, 5) is 20.5. The molecule has 3 rings (SSSR count). The number of amides is 1. The Morgan fingerprint density at radius 3 is 2.93 bits per heavy atom. The van der Waals surface area contributed by atoms with Crippen molar-refractivity contribution in [3.05, 3.63) is 53.1 Å². The zero-order valence-corrected chi connectivity index (χ0v) is 16.9. The first-order chi connectivity index (χ1) is 14.1. The summed E-state index contributed by atoms with van der Waals surface area (Å²) in [5.41, 5.74) is 1.56. The van der Waals surface area contributed by atoms with Gasteiger partial charge in [0.25, 0.3) is 0 Å². The number of aromatic nitrogens is 3. The van der Waals surface area contributed by atoms with Gasteiger partial charge in [0.05, 0.1) is 18.7 Å². The Hall–Kier alpha value is -3.13. The molecule has 1 aromatic carbocycles. The minimum Gasteiger partial charge on any atom is -0.493 e. The van der Waals surface area contributed by atoms with E-state index in [1.165, 1.54) is 0 Å². The molecule has 1 amide bonds. The molecule has 0 radical (unpaired) electrons. The molecule has 29 heavy (non-hydrogen) atoms. The van der Waals surface area contributed by atoms with E-state index in [4.69, 9.17) is 25.6 Å². The number of ether oxygens (including phenoxy) is 2. The van der Waals surface area contributed by atoms with Gasteiger partial charge in [-0.15, -0.1) is 0 Å². The lowest BCUT2D eigenvalue weighted by atomic mass is 10.2. The molecule has 2 heterocycles. The first-order valence-corrected chi connectivity index (χ1v) is 9.47. The number of halogens is 1. The molecule has 3 aromatic rings. The molecule has 0 atom stereocenters. The molecule has 8 nitrogen and oxygen atoms in total. The molecule has 9 heteroatoms. The van der Waals surface area contributed by atoms with Crippen LogP contribution < -0.4 is 14.8 Å². The Labute approximate surface area is 173 Å². The van der Waals surface area contributed by atoms with Crippen molar-refractivity contribution in [2.24, 2.45) is 0 Å². The van der Waals surface area contributed by atoms with E-state index in [2.05, 4.69) is 20.4 Å². The van der Waals surface area contributed by atoms with E-state index >= 15 is 0 Å². The van der Waals surface area contributed by atoms with Crippen molar-refractivity contribution in [1.29, 1.82) is 0 Å². The molecule has 0 bridgehead atoms. The highest BCUT2D eigenvalue weighted by atomic mass is 35.5. The lowest BCUT2D eigenvalue weighted by Gasteiger charge is -2.13. The third kappa shape index (κ3) is 5.45. The van der Waals surface area contributed by atoms with Crippen LogP contribution in [0.25, 0.3) is 11.4 Å². The molecule has 0 aliphatic rings. The first kappa shape index (κ1) is 20.6. The Balaban J connectivity index is 1.53. The summed E-state index contributed by atoms with van der Waals surface area (Å²) in [5, 5.41) is 7.19. The van der Waals surface area contributed by atoms with Crippen molar-refractivity contribution in [3.63, 3.8) is 0 Å². The van der Waals surface area contributed by atoms with Crippen LogP contribution >= 0.6 is 11.6 Å². The maximum absolute atomic E-state index is 12.2. The monoisotopic (exact) mass is 416 g/mol. The van der Waals surface area contributed by atoms with Crippen LogP contribution in [-0.2, 0) is 17.8 Å². The molecule has 0 aliphatic carbocycles. The number of aryl methyl sites for hydroxylation is 1. The first-order valence-electron chi connectivity index (χ1n) is 9.09. The number of carbonyl (C=O) groups excluding carboxylic acids is 1. The van der Waals surface area contributed by atoms with Crippen LogP contribution in [0, 0.1) is 0 Å². The van der Waals surface area contributed by atoms with Crippen LogP contribution in [0.4, 0.5) is 0 Å². The summed E-state index contributed by atoms with van der Waals surface area (Å²) in [5.74, 6) is 1.72. The summed E-state index contributed by atoms with van der Waals surface area (Å²) in [6.45, 7) is 2.66. The van der Waals surface area contributed by atoms with E-state index < -0.39 is 0 Å². The molecule has 1 N–H and O–H groups in total. The molecule has 2 aromatic heterocycles. The highest BCUT2D eigenvalue weighted by molar-refractivity contribution is 6.32. The fourth-order valence-corrected chi connectivity index (χ4v) is 2.93. The maximum atomic E-state index is 12.2. The zero-order chi connectivity index (χ0) is 20.6. The average molecular weight is 417 g/mol. The second-order valence-corrected chi connectivity index (χ2v) is 6.48. The molecular weight excluding hydrogens is 396 g/mol. The van der Waals surface area contributed by atoms with Crippen LogP contribution in [-0.4, -0.2) is 34.7 Å². The number of hydrogen-bond acceptors (Lipinski definition) is 7. The fourth-order valence-electron chi connectivity index (χ4n) is 2.64. The van der Waals surface area contributed by atoms with Gasteiger partial charge < -0.3 is 19.3 Å².